The quantitative estimate of drug-likeness (QED) is 0.333. The first kappa shape index (κ1) is 23.7. The van der Waals surface area contributed by atoms with Crippen molar-refractivity contribution in [1.82, 2.24) is 13.7 Å². The zero-order chi connectivity index (χ0) is 26.9. The zero-order valence-electron chi connectivity index (χ0n) is 21.6. The van der Waals surface area contributed by atoms with Crippen LogP contribution >= 0.6 is 0 Å². The van der Waals surface area contributed by atoms with Gasteiger partial charge >= 0.3 is 5.69 Å². The summed E-state index contributed by atoms with van der Waals surface area (Å²) in [6.07, 6.45) is 0.844. The topological polar surface area (TPSA) is 101 Å². The molecule has 0 bridgehead atoms. The highest BCUT2D eigenvalue weighted by Crippen LogP contribution is 2.47. The Labute approximate surface area is 218 Å². The van der Waals surface area contributed by atoms with Crippen LogP contribution in [0.25, 0.3) is 27.8 Å². The molecule has 0 spiro atoms. The molecule has 38 heavy (non-hydrogen) atoms. The monoisotopic (exact) mass is 508 g/mol. The van der Waals surface area contributed by atoms with Crippen LogP contribution in [-0.4, -0.2) is 23.9 Å². The SMILES string of the molecule is CCc1cc2c(cc1C)-n1c(-c3ccccc3)c3c(=O)n(C)c(=O)n(C)c3c1C(c1ccc(O)cc1O)N2. The van der Waals surface area contributed by atoms with Gasteiger partial charge in [-0.1, -0.05) is 37.3 Å². The minimum atomic E-state index is -0.617. The molecule has 1 unspecified atom stereocenters. The van der Waals surface area contributed by atoms with Gasteiger partial charge in [-0.15, -0.1) is 0 Å². The molecule has 0 fully saturated rings. The number of rotatable bonds is 3. The number of aromatic hydroxyl groups is 2. The summed E-state index contributed by atoms with van der Waals surface area (Å²) in [4.78, 5) is 27.0. The number of phenols is 2. The van der Waals surface area contributed by atoms with E-state index in [2.05, 4.69) is 35.9 Å². The van der Waals surface area contributed by atoms with Crippen LogP contribution in [0.4, 0.5) is 5.69 Å². The minimum Gasteiger partial charge on any atom is -0.508 e. The van der Waals surface area contributed by atoms with Gasteiger partial charge in [-0.05, 0) is 54.3 Å². The summed E-state index contributed by atoms with van der Waals surface area (Å²) >= 11 is 0. The molecule has 3 N–H and O–H groups in total. The predicted octanol–water partition coefficient (Wildman–Crippen LogP) is 4.49. The van der Waals surface area contributed by atoms with E-state index >= 15 is 0 Å². The van der Waals surface area contributed by atoms with E-state index < -0.39 is 11.7 Å². The second-order valence-electron chi connectivity index (χ2n) is 9.83. The van der Waals surface area contributed by atoms with E-state index in [1.165, 1.54) is 29.3 Å². The van der Waals surface area contributed by atoms with Crippen molar-refractivity contribution >= 4 is 16.6 Å². The first-order valence-corrected chi connectivity index (χ1v) is 12.5. The van der Waals surface area contributed by atoms with Crippen molar-refractivity contribution in [2.45, 2.75) is 26.3 Å². The van der Waals surface area contributed by atoms with E-state index in [1.807, 2.05) is 30.3 Å². The van der Waals surface area contributed by atoms with Gasteiger partial charge in [0.2, 0.25) is 0 Å². The number of nitrogens with one attached hydrogen (secondary N) is 1. The van der Waals surface area contributed by atoms with E-state index in [0.717, 1.165) is 33.5 Å². The average molecular weight is 509 g/mol. The van der Waals surface area contributed by atoms with Crippen LogP contribution < -0.4 is 16.6 Å². The van der Waals surface area contributed by atoms with Crippen LogP contribution in [0.2, 0.25) is 0 Å². The third-order valence-electron chi connectivity index (χ3n) is 7.63. The van der Waals surface area contributed by atoms with Crippen molar-refractivity contribution in [1.29, 1.82) is 0 Å². The maximum atomic E-state index is 13.8. The van der Waals surface area contributed by atoms with Crippen LogP contribution in [0.1, 0.15) is 35.3 Å². The van der Waals surface area contributed by atoms with Crippen LogP contribution in [0.15, 0.2) is 70.3 Å². The van der Waals surface area contributed by atoms with Crippen molar-refractivity contribution < 1.29 is 10.2 Å². The van der Waals surface area contributed by atoms with E-state index in [-0.39, 0.29) is 17.1 Å². The molecule has 6 rings (SSSR count). The Morgan fingerprint density at radius 2 is 1.68 bits per heavy atom. The van der Waals surface area contributed by atoms with Crippen LogP contribution in [0.5, 0.6) is 11.5 Å². The molecule has 3 aromatic carbocycles. The first-order chi connectivity index (χ1) is 18.2. The van der Waals surface area contributed by atoms with Crippen molar-refractivity contribution in [3.8, 4) is 28.4 Å². The van der Waals surface area contributed by atoms with Crippen LogP contribution in [0.3, 0.4) is 0 Å². The van der Waals surface area contributed by atoms with E-state index in [0.29, 0.717) is 27.9 Å². The zero-order valence-corrected chi connectivity index (χ0v) is 21.6. The summed E-state index contributed by atoms with van der Waals surface area (Å²) in [6.45, 7) is 4.17. The summed E-state index contributed by atoms with van der Waals surface area (Å²) in [6, 6.07) is 17.7. The number of aryl methyl sites for hydroxylation is 3. The third-order valence-corrected chi connectivity index (χ3v) is 7.63. The fourth-order valence-corrected chi connectivity index (χ4v) is 5.73. The van der Waals surface area contributed by atoms with Crippen molar-refractivity contribution in [3.05, 3.63) is 104 Å². The lowest BCUT2D eigenvalue weighted by atomic mass is 9.96. The molecule has 8 nitrogen and oxygen atoms in total. The average Bonchev–Trinajstić information content (AvgIpc) is 3.27. The Kier molecular flexibility index (Phi) is 5.24. The molecule has 5 aromatic rings. The Morgan fingerprint density at radius 1 is 0.947 bits per heavy atom. The predicted molar refractivity (Wildman–Crippen MR) is 149 cm³/mol. The summed E-state index contributed by atoms with van der Waals surface area (Å²) in [5.74, 6) is -0.150. The molecule has 1 atom stereocenters. The van der Waals surface area contributed by atoms with Crippen molar-refractivity contribution in [2.24, 2.45) is 14.1 Å². The number of benzene rings is 3. The maximum absolute atomic E-state index is 13.8. The first-order valence-electron chi connectivity index (χ1n) is 12.5. The number of anilines is 1. The van der Waals surface area contributed by atoms with E-state index in [9.17, 15) is 19.8 Å². The Balaban J connectivity index is 1.87. The second-order valence-corrected chi connectivity index (χ2v) is 9.83. The summed E-state index contributed by atoms with van der Waals surface area (Å²) < 4.78 is 4.68. The molecule has 0 radical (unpaired) electrons. The fourth-order valence-electron chi connectivity index (χ4n) is 5.73. The van der Waals surface area contributed by atoms with Gasteiger partial charge in [-0.3, -0.25) is 13.9 Å². The highest BCUT2D eigenvalue weighted by atomic mass is 16.3. The van der Waals surface area contributed by atoms with Crippen molar-refractivity contribution in [3.63, 3.8) is 0 Å². The van der Waals surface area contributed by atoms with Gasteiger partial charge in [0, 0.05) is 25.7 Å². The van der Waals surface area contributed by atoms with Crippen LogP contribution in [-0.2, 0) is 20.5 Å². The van der Waals surface area contributed by atoms with Gasteiger partial charge in [-0.25, -0.2) is 4.79 Å². The summed E-state index contributed by atoms with van der Waals surface area (Å²) in [5, 5.41) is 24.9. The molecule has 1 aliphatic heterocycles. The Morgan fingerprint density at radius 3 is 2.37 bits per heavy atom. The molecule has 8 heteroatoms. The number of nitrogens with zero attached hydrogens (tertiary/aromatic N) is 3. The molecule has 0 aliphatic carbocycles. The van der Waals surface area contributed by atoms with Gasteiger partial charge < -0.3 is 20.1 Å². The van der Waals surface area contributed by atoms with Gasteiger partial charge in [0.15, 0.2) is 0 Å². The highest BCUT2D eigenvalue weighted by Gasteiger charge is 2.36. The molecular weight excluding hydrogens is 480 g/mol. The molecule has 2 aromatic heterocycles. The van der Waals surface area contributed by atoms with Gasteiger partial charge in [0.05, 0.1) is 39.7 Å². The Bertz CT molecular complexity index is 1880. The molecule has 192 valence electrons. The summed E-state index contributed by atoms with van der Waals surface area (Å²) in [5.41, 5.74) is 6.34. The van der Waals surface area contributed by atoms with Gasteiger partial charge in [0.1, 0.15) is 11.5 Å². The molecular formula is C30H28N4O4. The lowest BCUT2D eigenvalue weighted by molar-refractivity contribution is 0.444. The smallest absolute Gasteiger partial charge is 0.331 e. The normalized spacial score (nSPS) is 14.3. The largest absolute Gasteiger partial charge is 0.508 e. The molecule has 0 amide bonds. The van der Waals surface area contributed by atoms with Gasteiger partial charge in [0.25, 0.3) is 5.56 Å². The molecule has 0 saturated heterocycles. The fraction of sp³-hybridized carbons (Fsp3) is 0.200. The Hall–Kier alpha value is -4.72. The van der Waals surface area contributed by atoms with E-state index in [1.54, 1.807) is 13.1 Å². The summed E-state index contributed by atoms with van der Waals surface area (Å²) in [7, 11) is 3.15. The lowest BCUT2D eigenvalue weighted by Crippen LogP contribution is -2.37. The number of aromatic nitrogens is 3. The van der Waals surface area contributed by atoms with E-state index in [4.69, 9.17) is 0 Å². The number of hydrogen-bond acceptors (Lipinski definition) is 5. The second kappa shape index (κ2) is 8.41. The van der Waals surface area contributed by atoms with Crippen LogP contribution in [0, 0.1) is 6.92 Å². The number of fused-ring (bicyclic) bond motifs is 5. The maximum Gasteiger partial charge on any atom is 0.331 e. The lowest BCUT2D eigenvalue weighted by Gasteiger charge is -2.32. The third kappa shape index (κ3) is 3.23. The van der Waals surface area contributed by atoms with Crippen molar-refractivity contribution in [2.75, 3.05) is 5.32 Å². The molecule has 3 heterocycles. The standard InChI is InChI=1S/C30H28N4O4/c1-5-17-14-21-22(13-16(17)2)34-26(18-9-7-6-8-10-18)24-27(32(3)30(38)33(4)29(24)37)28(34)25(31-21)20-12-11-19(35)15-23(20)36/h6-15,25,31,35-36H,5H2,1-4H3. The highest BCUT2D eigenvalue weighted by molar-refractivity contribution is 5.99. The number of hydrogen-bond donors (Lipinski definition) is 3. The van der Waals surface area contributed by atoms with Gasteiger partial charge in [-0.2, -0.15) is 0 Å². The number of phenolic OH excluding ortho intramolecular Hbond substituents is 2. The minimum absolute atomic E-state index is 0.0576. The molecule has 0 saturated carbocycles. The molecule has 1 aliphatic rings.